The van der Waals surface area contributed by atoms with E-state index in [0.29, 0.717) is 0 Å². The molecule has 0 saturated heterocycles. The van der Waals surface area contributed by atoms with Gasteiger partial charge in [0, 0.05) is 6.26 Å². The molecule has 0 aliphatic heterocycles. The highest BCUT2D eigenvalue weighted by molar-refractivity contribution is 8.16. The maximum atomic E-state index is 11.7. The fourth-order valence-electron chi connectivity index (χ4n) is 2.01. The highest BCUT2D eigenvalue weighted by atomic mass is 32.2. The van der Waals surface area contributed by atoms with Crippen LogP contribution in [0.25, 0.3) is 17.2 Å². The number of thioether (sulfide) groups is 1. The topological polar surface area (TPSA) is 17.1 Å². The van der Waals surface area contributed by atoms with Gasteiger partial charge in [0.1, 0.15) is 0 Å². The highest BCUT2D eigenvalue weighted by Crippen LogP contribution is 2.28. The molecule has 20 heavy (non-hydrogen) atoms. The minimum absolute atomic E-state index is 0.893. The van der Waals surface area contributed by atoms with Crippen LogP contribution in [0.15, 0.2) is 52.8 Å². The van der Waals surface area contributed by atoms with E-state index in [1.807, 2.05) is 24.5 Å². The molecule has 2 aromatic carbocycles. The van der Waals surface area contributed by atoms with Crippen molar-refractivity contribution in [1.82, 2.24) is 0 Å². The molecule has 104 valence electrons. The summed E-state index contributed by atoms with van der Waals surface area (Å²) in [6, 6.07) is 16.7. The van der Waals surface area contributed by atoms with Crippen LogP contribution in [-0.2, 0) is 10.8 Å². The van der Waals surface area contributed by atoms with Gasteiger partial charge in [-0.3, -0.25) is 4.21 Å². The molecule has 2 aromatic rings. The molecule has 0 radical (unpaired) electrons. The Kier molecular flexibility index (Phi) is 5.21. The normalized spacial score (nSPS) is 13.2. The monoisotopic (exact) mass is 302 g/mol. The molecule has 0 bridgehead atoms. The number of hydrogen-bond acceptors (Lipinski definition) is 2. The van der Waals surface area contributed by atoms with E-state index in [1.54, 1.807) is 18.0 Å². The lowest BCUT2D eigenvalue weighted by molar-refractivity contribution is 0.691. The number of benzene rings is 2. The Morgan fingerprint density at radius 1 is 1.10 bits per heavy atom. The van der Waals surface area contributed by atoms with Gasteiger partial charge in [0.25, 0.3) is 0 Å². The lowest BCUT2D eigenvalue weighted by Gasteiger charge is -2.08. The Morgan fingerprint density at radius 3 is 2.35 bits per heavy atom. The second-order valence-corrected chi connectivity index (χ2v) is 7.03. The third-order valence-electron chi connectivity index (χ3n) is 3.08. The van der Waals surface area contributed by atoms with Crippen molar-refractivity contribution in [3.63, 3.8) is 0 Å². The molecule has 1 unspecified atom stereocenters. The Balaban J connectivity index is 2.51. The van der Waals surface area contributed by atoms with Crippen LogP contribution in [0.5, 0.6) is 0 Å². The standard InChI is InChI=1S/C17H18OS2/c1-13-8-10-14(11-9-13)16-7-5-4-6-15(16)12-17(19-2)20(3)18/h4-12H,1-3H3/b17-12-. The van der Waals surface area contributed by atoms with Crippen LogP contribution in [0, 0.1) is 6.92 Å². The van der Waals surface area contributed by atoms with Crippen molar-refractivity contribution >= 4 is 28.6 Å². The molecule has 1 atom stereocenters. The molecule has 0 spiro atoms. The molecular weight excluding hydrogens is 284 g/mol. The molecule has 0 aliphatic rings. The first-order valence-corrected chi connectivity index (χ1v) is 9.15. The molecule has 0 heterocycles. The van der Waals surface area contributed by atoms with Gasteiger partial charge >= 0.3 is 0 Å². The lowest BCUT2D eigenvalue weighted by atomic mass is 9.99. The Morgan fingerprint density at radius 2 is 1.75 bits per heavy atom. The number of aryl methyl sites for hydroxylation is 1. The van der Waals surface area contributed by atoms with Gasteiger partial charge < -0.3 is 0 Å². The van der Waals surface area contributed by atoms with Gasteiger partial charge in [0.05, 0.1) is 15.0 Å². The summed E-state index contributed by atoms with van der Waals surface area (Å²) in [4.78, 5) is 0. The smallest absolute Gasteiger partial charge is 0.0716 e. The quantitative estimate of drug-likeness (QED) is 0.814. The van der Waals surface area contributed by atoms with Crippen LogP contribution in [0.1, 0.15) is 11.1 Å². The summed E-state index contributed by atoms with van der Waals surface area (Å²) in [5.74, 6) is 0. The van der Waals surface area contributed by atoms with Crippen molar-refractivity contribution in [3.8, 4) is 11.1 Å². The molecule has 0 saturated carbocycles. The lowest BCUT2D eigenvalue weighted by Crippen LogP contribution is -1.89. The summed E-state index contributed by atoms with van der Waals surface area (Å²) in [6.07, 6.45) is 5.70. The van der Waals surface area contributed by atoms with Crippen molar-refractivity contribution in [1.29, 1.82) is 0 Å². The van der Waals surface area contributed by atoms with Crippen molar-refractivity contribution in [2.75, 3.05) is 12.5 Å². The average Bonchev–Trinajstić information content (AvgIpc) is 2.46. The van der Waals surface area contributed by atoms with Gasteiger partial charge in [-0.2, -0.15) is 0 Å². The molecule has 0 fully saturated rings. The van der Waals surface area contributed by atoms with E-state index in [9.17, 15) is 4.21 Å². The molecule has 0 aliphatic carbocycles. The molecule has 3 heteroatoms. The summed E-state index contributed by atoms with van der Waals surface area (Å²) in [7, 11) is -0.948. The van der Waals surface area contributed by atoms with E-state index in [2.05, 4.69) is 43.3 Å². The Labute approximate surface area is 127 Å². The zero-order valence-electron chi connectivity index (χ0n) is 11.9. The predicted octanol–water partition coefficient (Wildman–Crippen LogP) is 4.70. The SMILES string of the molecule is CS/C(=C/c1ccccc1-c1ccc(C)cc1)S(C)=O. The van der Waals surface area contributed by atoms with E-state index >= 15 is 0 Å². The third kappa shape index (κ3) is 3.62. The highest BCUT2D eigenvalue weighted by Gasteiger charge is 2.06. The average molecular weight is 302 g/mol. The van der Waals surface area contributed by atoms with Crippen LogP contribution in [-0.4, -0.2) is 16.7 Å². The maximum absolute atomic E-state index is 11.7. The van der Waals surface area contributed by atoms with Crippen LogP contribution in [0.2, 0.25) is 0 Å². The summed E-state index contributed by atoms with van der Waals surface area (Å²) < 4.78 is 12.6. The fraction of sp³-hybridized carbons (Fsp3) is 0.176. The van der Waals surface area contributed by atoms with E-state index in [1.165, 1.54) is 16.7 Å². The first-order valence-electron chi connectivity index (χ1n) is 6.37. The molecule has 1 nitrogen and oxygen atoms in total. The Bertz CT molecular complexity index is 642. The largest absolute Gasteiger partial charge is 0.254 e. The predicted molar refractivity (Wildman–Crippen MR) is 92.2 cm³/mol. The first kappa shape index (κ1) is 15.1. The minimum atomic E-state index is -0.948. The van der Waals surface area contributed by atoms with Crippen molar-refractivity contribution in [3.05, 3.63) is 63.9 Å². The van der Waals surface area contributed by atoms with E-state index in [-0.39, 0.29) is 0 Å². The number of hydrogen-bond donors (Lipinski definition) is 0. The van der Waals surface area contributed by atoms with Gasteiger partial charge in [-0.05, 0) is 35.9 Å². The molecule has 0 amide bonds. The molecular formula is C17H18OS2. The molecule has 0 aromatic heterocycles. The molecule has 0 N–H and O–H groups in total. The van der Waals surface area contributed by atoms with E-state index < -0.39 is 10.8 Å². The van der Waals surface area contributed by atoms with Gasteiger partial charge in [0.2, 0.25) is 0 Å². The van der Waals surface area contributed by atoms with Gasteiger partial charge in [-0.15, -0.1) is 11.8 Å². The second-order valence-electron chi connectivity index (χ2n) is 4.57. The zero-order chi connectivity index (χ0) is 14.5. The summed E-state index contributed by atoms with van der Waals surface area (Å²) in [6.45, 7) is 2.08. The summed E-state index contributed by atoms with van der Waals surface area (Å²) >= 11 is 1.54. The molecule has 2 rings (SSSR count). The summed E-state index contributed by atoms with van der Waals surface area (Å²) in [5, 5.41) is 0. The summed E-state index contributed by atoms with van der Waals surface area (Å²) in [5.41, 5.74) is 4.71. The minimum Gasteiger partial charge on any atom is -0.254 e. The second kappa shape index (κ2) is 6.91. The van der Waals surface area contributed by atoms with Gasteiger partial charge in [-0.1, -0.05) is 54.1 Å². The number of rotatable bonds is 4. The van der Waals surface area contributed by atoms with Crippen LogP contribution in [0.4, 0.5) is 0 Å². The van der Waals surface area contributed by atoms with E-state index in [0.717, 1.165) is 9.80 Å². The van der Waals surface area contributed by atoms with Crippen LogP contribution < -0.4 is 0 Å². The maximum Gasteiger partial charge on any atom is 0.0716 e. The van der Waals surface area contributed by atoms with E-state index in [4.69, 9.17) is 0 Å². The third-order valence-corrected chi connectivity index (χ3v) is 5.49. The van der Waals surface area contributed by atoms with Crippen molar-refractivity contribution in [2.24, 2.45) is 0 Å². The van der Waals surface area contributed by atoms with Crippen LogP contribution in [0.3, 0.4) is 0 Å². The van der Waals surface area contributed by atoms with Crippen molar-refractivity contribution in [2.45, 2.75) is 6.92 Å². The Hall–Kier alpha value is -1.32. The van der Waals surface area contributed by atoms with Crippen molar-refractivity contribution < 1.29 is 4.21 Å². The van der Waals surface area contributed by atoms with Crippen LogP contribution >= 0.6 is 11.8 Å². The zero-order valence-corrected chi connectivity index (χ0v) is 13.6. The fourth-order valence-corrected chi connectivity index (χ4v) is 3.48. The first-order chi connectivity index (χ1) is 9.61. The van der Waals surface area contributed by atoms with Gasteiger partial charge in [0.15, 0.2) is 0 Å². The van der Waals surface area contributed by atoms with Gasteiger partial charge in [-0.25, -0.2) is 0 Å².